The first-order chi connectivity index (χ1) is 8.82. The first-order valence-electron chi connectivity index (χ1n) is 6.64. The first-order valence-corrected chi connectivity index (χ1v) is 6.64. The average molecular weight is 270 g/mol. The van der Waals surface area contributed by atoms with E-state index in [2.05, 4.69) is 13.8 Å². The number of rotatable bonds is 2. The van der Waals surface area contributed by atoms with Crippen molar-refractivity contribution in [1.82, 2.24) is 9.80 Å². The zero-order valence-corrected chi connectivity index (χ0v) is 11.8. The Hall–Kier alpha value is -1.30. The summed E-state index contributed by atoms with van der Waals surface area (Å²) in [5.41, 5.74) is 0.148. The summed E-state index contributed by atoms with van der Waals surface area (Å²) in [6.45, 7) is 6.22. The molecule has 2 unspecified atom stereocenters. The molecule has 1 N–H and O–H groups in total. The molecule has 6 heteroatoms. The van der Waals surface area contributed by atoms with Crippen LogP contribution in [-0.2, 0) is 9.53 Å². The summed E-state index contributed by atoms with van der Waals surface area (Å²) in [6.07, 6.45) is 0.982. The normalized spacial score (nSPS) is 29.5. The van der Waals surface area contributed by atoms with Crippen molar-refractivity contribution in [2.45, 2.75) is 26.3 Å². The quantitative estimate of drug-likeness (QED) is 0.808. The van der Waals surface area contributed by atoms with Crippen LogP contribution in [0.5, 0.6) is 0 Å². The Balaban J connectivity index is 2.01. The van der Waals surface area contributed by atoms with E-state index in [1.807, 2.05) is 0 Å². The summed E-state index contributed by atoms with van der Waals surface area (Å²) in [7, 11) is 1.67. The highest BCUT2D eigenvalue weighted by molar-refractivity contribution is 5.77. The molecule has 2 fully saturated rings. The second kappa shape index (κ2) is 5.00. The molecule has 0 aromatic rings. The third kappa shape index (κ3) is 2.83. The summed E-state index contributed by atoms with van der Waals surface area (Å²) in [4.78, 5) is 26.9. The number of ether oxygens (including phenoxy) is 1. The lowest BCUT2D eigenvalue weighted by Crippen LogP contribution is -2.49. The third-order valence-corrected chi connectivity index (χ3v) is 4.11. The molecule has 0 aliphatic carbocycles. The fraction of sp³-hybridized carbons (Fsp3) is 0.846. The number of urea groups is 1. The molecule has 2 heterocycles. The van der Waals surface area contributed by atoms with Crippen molar-refractivity contribution in [3.05, 3.63) is 0 Å². The average Bonchev–Trinajstić information content (AvgIpc) is 2.93. The highest BCUT2D eigenvalue weighted by Gasteiger charge is 2.41. The van der Waals surface area contributed by atoms with E-state index in [0.717, 1.165) is 19.5 Å². The van der Waals surface area contributed by atoms with E-state index >= 15 is 0 Å². The lowest BCUT2D eigenvalue weighted by Gasteiger charge is -2.31. The molecule has 2 saturated heterocycles. The molecule has 0 aromatic heterocycles. The second-order valence-corrected chi connectivity index (χ2v) is 6.28. The largest absolute Gasteiger partial charge is 0.481 e. The number of aliphatic carboxylic acids is 1. The highest BCUT2D eigenvalue weighted by Crippen LogP contribution is 2.30. The van der Waals surface area contributed by atoms with Crippen LogP contribution in [0, 0.1) is 11.3 Å². The van der Waals surface area contributed by atoms with Crippen LogP contribution in [0.25, 0.3) is 0 Å². The van der Waals surface area contributed by atoms with Gasteiger partial charge in [0.2, 0.25) is 0 Å². The Morgan fingerprint density at radius 3 is 2.58 bits per heavy atom. The van der Waals surface area contributed by atoms with Crippen molar-refractivity contribution in [3.8, 4) is 0 Å². The molecule has 2 aliphatic rings. The molecule has 0 bridgehead atoms. The Labute approximate surface area is 113 Å². The minimum Gasteiger partial charge on any atom is -0.481 e. The molecule has 2 aliphatic heterocycles. The number of carboxylic acids is 1. The molecule has 2 atom stereocenters. The zero-order valence-electron chi connectivity index (χ0n) is 11.8. The van der Waals surface area contributed by atoms with Crippen LogP contribution in [0.4, 0.5) is 4.79 Å². The molecule has 0 saturated carbocycles. The molecule has 0 radical (unpaired) electrons. The summed E-state index contributed by atoms with van der Waals surface area (Å²) < 4.78 is 5.21. The fourth-order valence-electron chi connectivity index (χ4n) is 2.80. The van der Waals surface area contributed by atoms with Crippen LogP contribution < -0.4 is 0 Å². The first kappa shape index (κ1) is 14.1. The summed E-state index contributed by atoms with van der Waals surface area (Å²) >= 11 is 0. The highest BCUT2D eigenvalue weighted by atomic mass is 16.5. The van der Waals surface area contributed by atoms with Crippen LogP contribution in [-0.4, -0.2) is 66.3 Å². The Morgan fingerprint density at radius 1 is 1.37 bits per heavy atom. The Morgan fingerprint density at radius 2 is 2.05 bits per heavy atom. The standard InChI is InChI=1S/C13H22N2O4/c1-13(2)4-5-15(8-13)12(18)14(3)10-7-19-6-9(10)11(16)17/h9-10H,4-8H2,1-3H3,(H,16,17). The van der Waals surface area contributed by atoms with Gasteiger partial charge in [0, 0.05) is 20.1 Å². The monoisotopic (exact) mass is 270 g/mol. The maximum Gasteiger partial charge on any atom is 0.320 e. The molecule has 19 heavy (non-hydrogen) atoms. The molecule has 6 nitrogen and oxygen atoms in total. The minimum atomic E-state index is -0.899. The fourth-order valence-corrected chi connectivity index (χ4v) is 2.80. The van der Waals surface area contributed by atoms with E-state index in [4.69, 9.17) is 9.84 Å². The van der Waals surface area contributed by atoms with E-state index in [1.165, 1.54) is 4.90 Å². The van der Waals surface area contributed by atoms with Crippen molar-refractivity contribution >= 4 is 12.0 Å². The van der Waals surface area contributed by atoms with E-state index < -0.39 is 11.9 Å². The lowest BCUT2D eigenvalue weighted by molar-refractivity contribution is -0.142. The smallest absolute Gasteiger partial charge is 0.320 e. The number of carboxylic acid groups (broad SMARTS) is 1. The van der Waals surface area contributed by atoms with Crippen LogP contribution in [0.15, 0.2) is 0 Å². The number of carbonyl (C=O) groups is 2. The van der Waals surface area contributed by atoms with Gasteiger partial charge in [-0.2, -0.15) is 0 Å². The predicted octanol–water partition coefficient (Wildman–Crippen LogP) is 0.870. The summed E-state index contributed by atoms with van der Waals surface area (Å²) in [5.74, 6) is -1.52. The van der Waals surface area contributed by atoms with Crippen molar-refractivity contribution in [1.29, 1.82) is 0 Å². The summed E-state index contributed by atoms with van der Waals surface area (Å²) in [6, 6.07) is -0.457. The van der Waals surface area contributed by atoms with Gasteiger partial charge in [0.05, 0.1) is 19.3 Å². The van der Waals surface area contributed by atoms with Gasteiger partial charge >= 0.3 is 12.0 Å². The number of hydrogen-bond acceptors (Lipinski definition) is 3. The van der Waals surface area contributed by atoms with Crippen LogP contribution in [0.3, 0.4) is 0 Å². The van der Waals surface area contributed by atoms with Gasteiger partial charge in [-0.3, -0.25) is 4.79 Å². The number of carbonyl (C=O) groups excluding carboxylic acids is 1. The van der Waals surface area contributed by atoms with Gasteiger partial charge in [-0.15, -0.1) is 0 Å². The Kier molecular flexibility index (Phi) is 3.71. The number of likely N-dealkylation sites (N-methyl/N-ethyl adjacent to an activating group) is 1. The number of amides is 2. The predicted molar refractivity (Wildman–Crippen MR) is 68.9 cm³/mol. The molecular weight excluding hydrogens is 248 g/mol. The van der Waals surface area contributed by atoms with E-state index in [9.17, 15) is 9.59 Å². The molecule has 2 rings (SSSR count). The molecular formula is C13H22N2O4. The van der Waals surface area contributed by atoms with Gasteiger partial charge < -0.3 is 19.6 Å². The number of nitrogens with zero attached hydrogens (tertiary/aromatic N) is 2. The molecule has 0 spiro atoms. The Bertz CT molecular complexity index is 383. The SMILES string of the molecule is CN(C(=O)N1CCC(C)(C)C1)C1COCC1C(=O)O. The van der Waals surface area contributed by atoms with Crippen LogP contribution in [0.2, 0.25) is 0 Å². The van der Waals surface area contributed by atoms with Gasteiger partial charge in [-0.25, -0.2) is 4.79 Å². The number of likely N-dealkylation sites (tertiary alicyclic amines) is 1. The van der Waals surface area contributed by atoms with E-state index in [-0.39, 0.29) is 24.1 Å². The third-order valence-electron chi connectivity index (χ3n) is 4.11. The molecule has 108 valence electrons. The van der Waals surface area contributed by atoms with Gasteiger partial charge in [-0.05, 0) is 11.8 Å². The maximum atomic E-state index is 12.4. The van der Waals surface area contributed by atoms with Crippen molar-refractivity contribution in [2.24, 2.45) is 11.3 Å². The van der Waals surface area contributed by atoms with Crippen molar-refractivity contribution in [3.63, 3.8) is 0 Å². The van der Waals surface area contributed by atoms with Gasteiger partial charge in [0.1, 0.15) is 5.92 Å². The van der Waals surface area contributed by atoms with Gasteiger partial charge in [0.25, 0.3) is 0 Å². The molecule has 0 aromatic carbocycles. The van der Waals surface area contributed by atoms with Crippen LogP contribution >= 0.6 is 0 Å². The lowest BCUT2D eigenvalue weighted by atomic mass is 9.93. The van der Waals surface area contributed by atoms with Gasteiger partial charge in [-0.1, -0.05) is 13.8 Å². The topological polar surface area (TPSA) is 70.1 Å². The van der Waals surface area contributed by atoms with Crippen LogP contribution in [0.1, 0.15) is 20.3 Å². The maximum absolute atomic E-state index is 12.4. The minimum absolute atomic E-state index is 0.0904. The molecule has 2 amide bonds. The van der Waals surface area contributed by atoms with Crippen molar-refractivity contribution in [2.75, 3.05) is 33.4 Å². The van der Waals surface area contributed by atoms with Crippen molar-refractivity contribution < 1.29 is 19.4 Å². The zero-order chi connectivity index (χ0) is 14.2. The summed E-state index contributed by atoms with van der Waals surface area (Å²) in [5, 5.41) is 9.13. The van der Waals surface area contributed by atoms with E-state index in [1.54, 1.807) is 11.9 Å². The van der Waals surface area contributed by atoms with E-state index in [0.29, 0.717) is 6.61 Å². The van der Waals surface area contributed by atoms with Gasteiger partial charge in [0.15, 0.2) is 0 Å². The second-order valence-electron chi connectivity index (χ2n) is 6.28. The number of hydrogen-bond donors (Lipinski definition) is 1.